The van der Waals surface area contributed by atoms with Crippen molar-refractivity contribution in [2.24, 2.45) is 5.73 Å². The largest absolute Gasteiger partial charge is 0.480 e. The second-order valence-electron chi connectivity index (χ2n) is 8.62. The van der Waals surface area contributed by atoms with E-state index in [1.807, 2.05) is 0 Å². The summed E-state index contributed by atoms with van der Waals surface area (Å²) in [6.45, 7) is 4.20. The summed E-state index contributed by atoms with van der Waals surface area (Å²) in [4.78, 5) is 51.5. The maximum absolute atomic E-state index is 13.0. The van der Waals surface area contributed by atoms with E-state index < -0.39 is 23.6 Å². The number of carbonyl (C=O) groups excluding carboxylic acids is 3. The van der Waals surface area contributed by atoms with Crippen molar-refractivity contribution in [3.05, 3.63) is 0 Å². The number of hydrogen-bond donors (Lipinski definition) is 4. The number of aliphatic carboxylic acids is 1. The van der Waals surface area contributed by atoms with Crippen molar-refractivity contribution in [1.82, 2.24) is 15.5 Å². The molecule has 0 aromatic carbocycles. The summed E-state index contributed by atoms with van der Waals surface area (Å²) in [7, 11) is 0. The van der Waals surface area contributed by atoms with Gasteiger partial charge in [-0.3, -0.25) is 4.79 Å². The number of ether oxygens (including phenoxy) is 1. The summed E-state index contributed by atoms with van der Waals surface area (Å²) in [6, 6.07) is -2.29. The van der Waals surface area contributed by atoms with Gasteiger partial charge in [0.05, 0.1) is 18.7 Å². The van der Waals surface area contributed by atoms with Crippen molar-refractivity contribution in [3.8, 4) is 0 Å². The molecule has 32 heavy (non-hydrogen) atoms. The standard InChI is InChI=1S/C22H38N4O6/c1-3-18(27)26(22(12-13-22)20(30)32-4-2)17-11-6-5-9-15(17)24-21(31)25-16(19(28)29)10-7-8-14-23/h15-17H,3-14,23H2,1-2H3,(H,28,29)(H2,24,25,31). The topological polar surface area (TPSA) is 151 Å². The lowest BCUT2D eigenvalue weighted by Crippen LogP contribution is -2.62. The monoisotopic (exact) mass is 454 g/mol. The lowest BCUT2D eigenvalue weighted by atomic mass is 9.87. The second kappa shape index (κ2) is 12.0. The molecule has 0 radical (unpaired) electrons. The van der Waals surface area contributed by atoms with Crippen LogP contribution in [0.25, 0.3) is 0 Å². The molecule has 0 aliphatic heterocycles. The van der Waals surface area contributed by atoms with E-state index >= 15 is 0 Å². The van der Waals surface area contributed by atoms with Crippen LogP contribution in [0.15, 0.2) is 0 Å². The molecule has 3 atom stereocenters. The SMILES string of the molecule is CCOC(=O)C1(N(C(=O)CC)C2CCCCC2NC(=O)NC(CCCCN)C(=O)O)CC1. The van der Waals surface area contributed by atoms with E-state index in [2.05, 4.69) is 10.6 Å². The molecule has 0 spiro atoms. The quantitative estimate of drug-likeness (QED) is 0.258. The van der Waals surface area contributed by atoms with Crippen molar-refractivity contribution >= 4 is 23.9 Å². The van der Waals surface area contributed by atoms with E-state index in [1.54, 1.807) is 18.7 Å². The molecule has 3 unspecified atom stereocenters. The summed E-state index contributed by atoms with van der Waals surface area (Å²) >= 11 is 0. The summed E-state index contributed by atoms with van der Waals surface area (Å²) in [5.41, 5.74) is 4.51. The fourth-order valence-corrected chi connectivity index (χ4v) is 4.55. The Kier molecular flexibility index (Phi) is 9.74. The summed E-state index contributed by atoms with van der Waals surface area (Å²) in [6.07, 6.45) is 5.99. The van der Waals surface area contributed by atoms with E-state index in [0.29, 0.717) is 51.5 Å². The predicted octanol–water partition coefficient (Wildman–Crippen LogP) is 1.51. The highest BCUT2D eigenvalue weighted by molar-refractivity contribution is 5.91. The van der Waals surface area contributed by atoms with Crippen molar-refractivity contribution < 1.29 is 29.0 Å². The first-order valence-electron chi connectivity index (χ1n) is 11.8. The van der Waals surface area contributed by atoms with Crippen molar-refractivity contribution in [2.75, 3.05) is 13.2 Å². The Morgan fingerprint density at radius 1 is 1.16 bits per heavy atom. The number of carboxylic acid groups (broad SMARTS) is 1. The molecule has 2 rings (SSSR count). The molecular weight excluding hydrogens is 416 g/mol. The van der Waals surface area contributed by atoms with E-state index in [0.717, 1.165) is 12.8 Å². The van der Waals surface area contributed by atoms with Gasteiger partial charge in [0.2, 0.25) is 5.91 Å². The first-order valence-corrected chi connectivity index (χ1v) is 11.8. The lowest BCUT2D eigenvalue weighted by molar-refractivity contribution is -0.160. The third-order valence-electron chi connectivity index (χ3n) is 6.34. The first-order chi connectivity index (χ1) is 15.3. The number of nitrogens with one attached hydrogen (secondary N) is 2. The highest BCUT2D eigenvalue weighted by Gasteiger charge is 2.60. The zero-order valence-electron chi connectivity index (χ0n) is 19.2. The highest BCUT2D eigenvalue weighted by Crippen LogP contribution is 2.46. The number of rotatable bonds is 12. The molecule has 0 heterocycles. The Morgan fingerprint density at radius 3 is 2.41 bits per heavy atom. The fourth-order valence-electron chi connectivity index (χ4n) is 4.55. The van der Waals surface area contributed by atoms with Gasteiger partial charge in [0.15, 0.2) is 0 Å². The number of esters is 1. The third kappa shape index (κ3) is 6.34. The average molecular weight is 455 g/mol. The number of hydrogen-bond acceptors (Lipinski definition) is 6. The molecule has 0 bridgehead atoms. The Labute approximate surface area is 189 Å². The molecule has 5 N–H and O–H groups in total. The number of urea groups is 1. The molecule has 0 aromatic rings. The molecule has 0 aromatic heterocycles. The van der Waals surface area contributed by atoms with Gasteiger partial charge in [-0.15, -0.1) is 0 Å². The number of nitrogens with two attached hydrogens (primary N) is 1. The second-order valence-corrected chi connectivity index (χ2v) is 8.62. The van der Waals surface area contributed by atoms with Crippen LogP contribution in [0.2, 0.25) is 0 Å². The molecule has 3 amide bonds. The van der Waals surface area contributed by atoms with Gasteiger partial charge >= 0.3 is 18.0 Å². The van der Waals surface area contributed by atoms with Crippen LogP contribution in [0.3, 0.4) is 0 Å². The molecular formula is C22H38N4O6. The van der Waals surface area contributed by atoms with Gasteiger partial charge in [-0.2, -0.15) is 0 Å². The Morgan fingerprint density at radius 2 is 1.84 bits per heavy atom. The zero-order valence-corrected chi connectivity index (χ0v) is 19.2. The van der Waals surface area contributed by atoms with E-state index in [-0.39, 0.29) is 37.0 Å². The van der Waals surface area contributed by atoms with E-state index in [4.69, 9.17) is 10.5 Å². The van der Waals surface area contributed by atoms with Crippen LogP contribution in [0.4, 0.5) is 4.79 Å². The molecule has 2 fully saturated rings. The number of amides is 3. The number of carbonyl (C=O) groups is 4. The van der Waals surface area contributed by atoms with Crippen molar-refractivity contribution in [2.45, 2.75) is 102 Å². The Balaban J connectivity index is 2.14. The molecule has 0 saturated heterocycles. The van der Waals surface area contributed by atoms with Crippen LogP contribution in [0, 0.1) is 0 Å². The maximum atomic E-state index is 13.0. The molecule has 2 aliphatic rings. The van der Waals surface area contributed by atoms with Crippen LogP contribution in [0.1, 0.15) is 78.1 Å². The van der Waals surface area contributed by atoms with E-state index in [9.17, 15) is 24.3 Å². The van der Waals surface area contributed by atoms with Gasteiger partial charge in [-0.1, -0.05) is 19.8 Å². The van der Waals surface area contributed by atoms with Crippen LogP contribution < -0.4 is 16.4 Å². The van der Waals surface area contributed by atoms with Crippen LogP contribution in [-0.4, -0.2) is 70.7 Å². The van der Waals surface area contributed by atoms with Gasteiger partial charge in [0.1, 0.15) is 11.6 Å². The molecule has 2 saturated carbocycles. The minimum atomic E-state index is -1.10. The van der Waals surface area contributed by atoms with Gasteiger partial charge in [0.25, 0.3) is 0 Å². The molecule has 182 valence electrons. The Hall–Kier alpha value is -2.36. The van der Waals surface area contributed by atoms with Gasteiger partial charge in [-0.25, -0.2) is 14.4 Å². The van der Waals surface area contributed by atoms with Gasteiger partial charge in [0, 0.05) is 6.42 Å². The number of carboxylic acids is 1. The summed E-state index contributed by atoms with van der Waals surface area (Å²) in [5, 5.41) is 14.8. The highest BCUT2D eigenvalue weighted by atomic mass is 16.5. The van der Waals surface area contributed by atoms with Crippen LogP contribution in [-0.2, 0) is 19.1 Å². The molecule has 2 aliphatic carbocycles. The normalized spacial score (nSPS) is 22.3. The minimum absolute atomic E-state index is 0.139. The van der Waals surface area contributed by atoms with Crippen LogP contribution in [0.5, 0.6) is 0 Å². The third-order valence-corrected chi connectivity index (χ3v) is 6.34. The minimum Gasteiger partial charge on any atom is -0.480 e. The predicted molar refractivity (Wildman–Crippen MR) is 118 cm³/mol. The van der Waals surface area contributed by atoms with Gasteiger partial charge < -0.3 is 31.1 Å². The molecule has 10 nitrogen and oxygen atoms in total. The number of nitrogens with zero attached hydrogens (tertiary/aromatic N) is 1. The summed E-state index contributed by atoms with van der Waals surface area (Å²) in [5.74, 6) is -1.62. The number of unbranched alkanes of at least 4 members (excludes halogenated alkanes) is 1. The van der Waals surface area contributed by atoms with Crippen molar-refractivity contribution in [3.63, 3.8) is 0 Å². The van der Waals surface area contributed by atoms with Crippen LogP contribution >= 0.6 is 0 Å². The van der Waals surface area contributed by atoms with Crippen molar-refractivity contribution in [1.29, 1.82) is 0 Å². The molecule has 10 heteroatoms. The van der Waals surface area contributed by atoms with Gasteiger partial charge in [-0.05, 0) is 58.4 Å². The first kappa shape index (κ1) is 25.9. The van der Waals surface area contributed by atoms with E-state index in [1.165, 1.54) is 0 Å². The smallest absolute Gasteiger partial charge is 0.332 e. The average Bonchev–Trinajstić information content (AvgIpc) is 3.56. The lowest BCUT2D eigenvalue weighted by Gasteiger charge is -2.43. The zero-order chi connectivity index (χ0) is 23.7. The summed E-state index contributed by atoms with van der Waals surface area (Å²) < 4.78 is 5.27. The Bertz CT molecular complexity index is 681. The fraction of sp³-hybridized carbons (Fsp3) is 0.818. The maximum Gasteiger partial charge on any atom is 0.332 e.